The molecule has 112 valence electrons. The summed E-state index contributed by atoms with van der Waals surface area (Å²) in [5.41, 5.74) is -0.398. The molecule has 1 saturated carbocycles. The molecule has 1 aliphatic rings. The van der Waals surface area contributed by atoms with Crippen LogP contribution in [-0.4, -0.2) is 26.7 Å². The van der Waals surface area contributed by atoms with Crippen LogP contribution in [0.5, 0.6) is 0 Å². The second-order valence-electron chi connectivity index (χ2n) is 6.08. The van der Waals surface area contributed by atoms with Gasteiger partial charge in [-0.1, -0.05) is 19.8 Å². The SMILES string of the molecule is CC1CCC(CNC(=O)OC(C)(C)C)CC1.O=S=O. The highest BCUT2D eigenvalue weighted by molar-refractivity contribution is 7.51. The Labute approximate surface area is 119 Å². The van der Waals surface area contributed by atoms with Crippen molar-refractivity contribution >= 4 is 17.7 Å². The van der Waals surface area contributed by atoms with Crippen molar-refractivity contribution in [3.05, 3.63) is 0 Å². The van der Waals surface area contributed by atoms with Crippen LogP contribution in [0.1, 0.15) is 53.4 Å². The minimum Gasteiger partial charge on any atom is -0.444 e. The molecule has 1 N–H and O–H groups in total. The zero-order valence-electron chi connectivity index (χ0n) is 12.2. The van der Waals surface area contributed by atoms with Gasteiger partial charge in [-0.25, -0.2) is 4.79 Å². The van der Waals surface area contributed by atoms with Crippen molar-refractivity contribution in [1.82, 2.24) is 5.32 Å². The molecule has 1 amide bonds. The van der Waals surface area contributed by atoms with Crippen molar-refractivity contribution in [3.63, 3.8) is 0 Å². The van der Waals surface area contributed by atoms with E-state index >= 15 is 0 Å². The van der Waals surface area contributed by atoms with Crippen LogP contribution in [0.2, 0.25) is 0 Å². The standard InChI is InChI=1S/C13H25NO2.O2S/c1-10-5-7-11(8-6-10)9-14-12(15)16-13(2,3)4;1-3-2/h10-11H,5-9H2,1-4H3,(H,14,15);. The van der Waals surface area contributed by atoms with Gasteiger partial charge in [-0.3, -0.25) is 0 Å². The Morgan fingerprint density at radius 2 is 1.68 bits per heavy atom. The van der Waals surface area contributed by atoms with Gasteiger partial charge in [-0.05, 0) is 45.4 Å². The minimum atomic E-state index is -0.750. The molecule has 19 heavy (non-hydrogen) atoms. The van der Waals surface area contributed by atoms with Gasteiger partial charge >= 0.3 is 17.7 Å². The molecule has 0 aromatic heterocycles. The van der Waals surface area contributed by atoms with Gasteiger partial charge in [-0.2, -0.15) is 8.42 Å². The quantitative estimate of drug-likeness (QED) is 0.849. The van der Waals surface area contributed by atoms with Gasteiger partial charge in [0, 0.05) is 6.54 Å². The van der Waals surface area contributed by atoms with Gasteiger partial charge in [-0.15, -0.1) is 0 Å². The molecule has 0 aromatic rings. The van der Waals surface area contributed by atoms with Gasteiger partial charge in [0.05, 0.1) is 0 Å². The number of carbonyl (C=O) groups is 1. The number of carbonyl (C=O) groups excluding carboxylic acids is 1. The van der Waals surface area contributed by atoms with Crippen LogP contribution in [0, 0.1) is 11.8 Å². The van der Waals surface area contributed by atoms with Crippen molar-refractivity contribution in [2.75, 3.05) is 6.54 Å². The van der Waals surface area contributed by atoms with Crippen molar-refractivity contribution < 1.29 is 17.9 Å². The van der Waals surface area contributed by atoms with Crippen LogP contribution in [0.3, 0.4) is 0 Å². The Balaban J connectivity index is 0.000000982. The van der Waals surface area contributed by atoms with Gasteiger partial charge in [0.2, 0.25) is 0 Å². The van der Waals surface area contributed by atoms with E-state index in [1.165, 1.54) is 25.7 Å². The third kappa shape index (κ3) is 10.7. The first-order chi connectivity index (χ1) is 8.78. The maximum atomic E-state index is 11.4. The first-order valence-corrected chi connectivity index (χ1v) is 7.33. The van der Waals surface area contributed by atoms with Gasteiger partial charge < -0.3 is 10.1 Å². The molecule has 0 atom stereocenters. The molecule has 0 radical (unpaired) electrons. The number of hydrogen-bond donors (Lipinski definition) is 1. The summed E-state index contributed by atoms with van der Waals surface area (Å²) in [4.78, 5) is 11.4. The number of alkyl carbamates (subject to hydrolysis) is 1. The van der Waals surface area contributed by atoms with Crippen LogP contribution in [0.4, 0.5) is 4.79 Å². The fraction of sp³-hybridized carbons (Fsp3) is 0.923. The van der Waals surface area contributed by atoms with Crippen molar-refractivity contribution in [1.29, 1.82) is 0 Å². The average Bonchev–Trinajstić information content (AvgIpc) is 2.27. The molecular formula is C13H25NO4S. The number of hydrogen-bond acceptors (Lipinski definition) is 4. The smallest absolute Gasteiger partial charge is 0.407 e. The third-order valence-corrected chi connectivity index (χ3v) is 3.07. The zero-order valence-corrected chi connectivity index (χ0v) is 13.0. The van der Waals surface area contributed by atoms with Crippen molar-refractivity contribution in [2.24, 2.45) is 11.8 Å². The molecule has 6 heteroatoms. The largest absolute Gasteiger partial charge is 0.444 e. The van der Waals surface area contributed by atoms with E-state index in [9.17, 15) is 4.79 Å². The summed E-state index contributed by atoms with van der Waals surface area (Å²) in [5, 5.41) is 2.86. The molecule has 5 nitrogen and oxygen atoms in total. The maximum Gasteiger partial charge on any atom is 0.407 e. The highest BCUT2D eigenvalue weighted by atomic mass is 32.1. The minimum absolute atomic E-state index is 0.286. The van der Waals surface area contributed by atoms with Crippen LogP contribution < -0.4 is 5.32 Å². The molecule has 0 aliphatic heterocycles. The van der Waals surface area contributed by atoms with E-state index in [-0.39, 0.29) is 6.09 Å². The lowest BCUT2D eigenvalue weighted by Crippen LogP contribution is -2.36. The third-order valence-electron chi connectivity index (χ3n) is 3.07. The zero-order chi connectivity index (χ0) is 14.9. The number of nitrogens with one attached hydrogen (secondary N) is 1. The van der Waals surface area contributed by atoms with E-state index in [4.69, 9.17) is 13.2 Å². The van der Waals surface area contributed by atoms with E-state index in [1.807, 2.05) is 20.8 Å². The first-order valence-electron chi connectivity index (χ1n) is 6.67. The Hall–Kier alpha value is -0.910. The maximum absolute atomic E-state index is 11.4. The Morgan fingerprint density at radius 1 is 1.21 bits per heavy atom. The molecule has 0 unspecified atom stereocenters. The summed E-state index contributed by atoms with van der Waals surface area (Å²) in [6.07, 6.45) is 4.76. The van der Waals surface area contributed by atoms with E-state index in [0.717, 1.165) is 12.5 Å². The molecule has 0 bridgehead atoms. The molecule has 1 fully saturated rings. The number of ether oxygens (including phenoxy) is 1. The molecule has 0 spiro atoms. The van der Waals surface area contributed by atoms with E-state index < -0.39 is 17.2 Å². The topological polar surface area (TPSA) is 72.5 Å². The van der Waals surface area contributed by atoms with Gasteiger partial charge in [0.1, 0.15) is 5.60 Å². The summed E-state index contributed by atoms with van der Waals surface area (Å²) >= 11 is -0.750. The van der Waals surface area contributed by atoms with Gasteiger partial charge in [0.15, 0.2) is 0 Å². The average molecular weight is 291 g/mol. The number of amides is 1. The summed E-state index contributed by atoms with van der Waals surface area (Å²) in [6.45, 7) is 8.72. The summed E-state index contributed by atoms with van der Waals surface area (Å²) < 4.78 is 21.8. The Bertz CT molecular complexity index is 300. The molecule has 0 heterocycles. The first kappa shape index (κ1) is 18.1. The highest BCUT2D eigenvalue weighted by Crippen LogP contribution is 2.27. The lowest BCUT2D eigenvalue weighted by molar-refractivity contribution is 0.0514. The lowest BCUT2D eigenvalue weighted by atomic mass is 9.83. The van der Waals surface area contributed by atoms with Crippen molar-refractivity contribution in [2.45, 2.75) is 59.0 Å². The monoisotopic (exact) mass is 291 g/mol. The van der Waals surface area contributed by atoms with Crippen LogP contribution in [-0.2, 0) is 16.3 Å². The lowest BCUT2D eigenvalue weighted by Gasteiger charge is -2.27. The second-order valence-corrected chi connectivity index (χ2v) is 6.21. The highest BCUT2D eigenvalue weighted by Gasteiger charge is 2.20. The van der Waals surface area contributed by atoms with Gasteiger partial charge in [0.25, 0.3) is 0 Å². The van der Waals surface area contributed by atoms with E-state index in [2.05, 4.69) is 12.2 Å². The Kier molecular flexibility index (Phi) is 8.63. The van der Waals surface area contributed by atoms with Crippen LogP contribution in [0.15, 0.2) is 0 Å². The molecule has 0 saturated heterocycles. The van der Waals surface area contributed by atoms with Crippen LogP contribution >= 0.6 is 0 Å². The summed E-state index contributed by atoms with van der Waals surface area (Å²) in [6, 6.07) is 0. The Morgan fingerprint density at radius 3 is 2.11 bits per heavy atom. The molecule has 1 aliphatic carbocycles. The predicted molar refractivity (Wildman–Crippen MR) is 74.3 cm³/mol. The fourth-order valence-electron chi connectivity index (χ4n) is 2.08. The fourth-order valence-corrected chi connectivity index (χ4v) is 2.08. The van der Waals surface area contributed by atoms with E-state index in [0.29, 0.717) is 5.92 Å². The second kappa shape index (κ2) is 9.07. The molecule has 0 aromatic carbocycles. The van der Waals surface area contributed by atoms with Crippen molar-refractivity contribution in [3.8, 4) is 0 Å². The predicted octanol–water partition coefficient (Wildman–Crippen LogP) is 2.67. The normalized spacial score (nSPS) is 22.7. The van der Waals surface area contributed by atoms with E-state index in [1.54, 1.807) is 0 Å². The molecule has 1 rings (SSSR count). The van der Waals surface area contributed by atoms with Crippen LogP contribution in [0.25, 0.3) is 0 Å². The summed E-state index contributed by atoms with van der Waals surface area (Å²) in [5.74, 6) is 1.50. The number of rotatable bonds is 2. The summed E-state index contributed by atoms with van der Waals surface area (Å²) in [7, 11) is 0. The molecular weight excluding hydrogens is 266 g/mol.